The van der Waals surface area contributed by atoms with Crippen LogP contribution in [-0.2, 0) is 49.4 Å². The van der Waals surface area contributed by atoms with Crippen molar-refractivity contribution in [1.82, 2.24) is 19.8 Å². The summed E-state index contributed by atoms with van der Waals surface area (Å²) in [5.74, 6) is -3.29. The van der Waals surface area contributed by atoms with Gasteiger partial charge in [-0.2, -0.15) is 7.06 Å². The van der Waals surface area contributed by atoms with Gasteiger partial charge in [0.1, 0.15) is 35.9 Å². The number of pyridine rings is 2. The number of benzene rings is 2. The molecule has 8 rings (SSSR count). The predicted octanol–water partition coefficient (Wildman–Crippen LogP) is 4.08. The number of rotatable bonds is 5. The summed E-state index contributed by atoms with van der Waals surface area (Å²) >= 11 is 0. The summed E-state index contributed by atoms with van der Waals surface area (Å²) in [5.41, 5.74) is 3.41. The first kappa shape index (κ1) is 78.8. The third-order valence-corrected chi connectivity index (χ3v) is 16.2. The monoisotopic (exact) mass is 1210 g/mol. The van der Waals surface area contributed by atoms with E-state index in [-0.39, 0.29) is 116 Å². The smallest absolute Gasteiger partial charge is 0.328 e. The number of nitrogens with zero attached hydrogens (tertiary/aromatic N) is 4. The van der Waals surface area contributed by atoms with Gasteiger partial charge in [0.25, 0.3) is 0 Å². The fourth-order valence-corrected chi connectivity index (χ4v) is 10.5. The molecule has 0 unspecified atom stereocenters. The van der Waals surface area contributed by atoms with E-state index in [0.29, 0.717) is 31.6 Å². The lowest BCUT2D eigenvalue weighted by Gasteiger charge is -2.34. The summed E-state index contributed by atoms with van der Waals surface area (Å²) < 4.78 is 29.3. The highest BCUT2D eigenvalue weighted by Crippen LogP contribution is 2.38. The number of amides is 2. The van der Waals surface area contributed by atoms with Gasteiger partial charge in [-0.05, 0) is 131 Å². The van der Waals surface area contributed by atoms with Gasteiger partial charge in [-0.15, -0.1) is 0 Å². The molecule has 6 heterocycles. The Labute approximate surface area is 548 Å². The van der Waals surface area contributed by atoms with Crippen molar-refractivity contribution in [2.45, 2.75) is 147 Å². The van der Waals surface area contributed by atoms with Crippen molar-refractivity contribution in [3.63, 3.8) is 0 Å². The number of methoxy groups -OCH3 is 1. The number of aromatic nitrogens is 2. The molecule has 463 valence electrons. The maximum Gasteiger partial charge on any atom is 0.328 e. The molecule has 1 N–H and O–H groups in total. The second-order valence-electron chi connectivity index (χ2n) is 25.4. The fraction of sp³-hybridized carbons (Fsp3) is 0.574. The molecular weight excluding hydrogens is 1120 g/mol. The van der Waals surface area contributed by atoms with E-state index in [0.717, 1.165) is 45.5 Å². The van der Waals surface area contributed by atoms with Crippen molar-refractivity contribution in [1.29, 1.82) is 0 Å². The van der Waals surface area contributed by atoms with Gasteiger partial charge >= 0.3 is 11.9 Å². The van der Waals surface area contributed by atoms with E-state index < -0.39 is 71.7 Å². The SMILES string of the molecule is C.C.COC(=O)[C@@H]1C[C@@H]2CN1C(=O)[C@H](C(C)(C)C)CC(=O)[C@@H](C)COC/C=C/c1cc3c(nccc3cc1C)O2.Cc1cc2ccnc3c2cc1CCCOC[C@H](C)C(=O)C[C@@H](C(C)(C)C)C(=O)N1C[C@@H](C[C@H]1C(=O)O)O3.[B]B([B])B([B])[B].[B]B([B])B([B])[B][BH3-]. The lowest BCUT2D eigenvalue weighted by Crippen LogP contribution is -2.48. The van der Waals surface area contributed by atoms with Crippen LogP contribution >= 0.6 is 0 Å². The van der Waals surface area contributed by atoms with Crippen molar-refractivity contribution >= 4 is 157 Å². The van der Waals surface area contributed by atoms with Crippen LogP contribution in [0.4, 0.5) is 0 Å². The molecule has 2 saturated heterocycles. The van der Waals surface area contributed by atoms with Crippen molar-refractivity contribution in [3.05, 3.63) is 77.1 Å². The van der Waals surface area contributed by atoms with Crippen LogP contribution in [0.25, 0.3) is 27.6 Å². The zero-order valence-corrected chi connectivity index (χ0v) is 52.5. The molecule has 8 bridgehead atoms. The molecule has 16 nitrogen and oxygen atoms in total. The Hall–Kier alpha value is -5.42. The molecule has 8 atom stereocenters. The number of carboxylic acid groups (broad SMARTS) is 1. The van der Waals surface area contributed by atoms with Gasteiger partial charge in [-0.1, -0.05) is 102 Å². The van der Waals surface area contributed by atoms with Crippen LogP contribution in [0.1, 0.15) is 125 Å². The van der Waals surface area contributed by atoms with Crippen LogP contribution in [0.15, 0.2) is 54.9 Å². The molecular formula is C61H87B13N4O12-. The molecule has 4 aromatic rings. The Morgan fingerprint density at radius 3 is 1.61 bits per heavy atom. The molecule has 4 aliphatic rings. The van der Waals surface area contributed by atoms with E-state index in [1.807, 2.05) is 99.7 Å². The first-order chi connectivity index (χ1) is 41.3. The molecule has 90 heavy (non-hydrogen) atoms. The quantitative estimate of drug-likeness (QED) is 0.221. The summed E-state index contributed by atoms with van der Waals surface area (Å²) in [4.78, 5) is 90.9. The number of aryl methyl sites for hydroxylation is 3. The van der Waals surface area contributed by atoms with Crippen molar-refractivity contribution in [3.8, 4) is 11.8 Å². The number of Topliss-reactive ketones (excluding diaryl/α,β-unsaturated/α-hetero) is 2. The Balaban J connectivity index is 0.000000385. The number of fused-ring (bicyclic) bond motifs is 6. The minimum Gasteiger partial charge on any atom is -0.480 e. The van der Waals surface area contributed by atoms with Crippen LogP contribution in [-0.4, -0.2) is 226 Å². The molecule has 4 aliphatic heterocycles. The minimum absolute atomic E-state index is 0. The third kappa shape index (κ3) is 21.9. The summed E-state index contributed by atoms with van der Waals surface area (Å²) in [7, 11) is 39.2. The fourth-order valence-electron chi connectivity index (χ4n) is 10.5. The highest BCUT2D eigenvalue weighted by molar-refractivity contribution is 7.81. The van der Waals surface area contributed by atoms with Crippen molar-refractivity contribution < 1.29 is 57.6 Å². The van der Waals surface area contributed by atoms with E-state index >= 15 is 0 Å². The van der Waals surface area contributed by atoms with Crippen LogP contribution in [0.3, 0.4) is 0 Å². The number of aliphatic carboxylic acids is 1. The molecule has 0 spiro atoms. The Morgan fingerprint density at radius 2 is 1.17 bits per heavy atom. The summed E-state index contributed by atoms with van der Waals surface area (Å²) in [6.45, 7) is 21.1. The van der Waals surface area contributed by atoms with E-state index in [9.17, 15) is 33.9 Å². The molecule has 0 aliphatic carbocycles. The zero-order chi connectivity index (χ0) is 65.5. The number of carbonyl (C=O) groups excluding carboxylic acids is 5. The summed E-state index contributed by atoms with van der Waals surface area (Å²) in [6, 6.07) is 10.4. The zero-order valence-electron chi connectivity index (χ0n) is 52.5. The predicted molar refractivity (Wildman–Crippen MR) is 377 cm³/mol. The van der Waals surface area contributed by atoms with Crippen LogP contribution in [0, 0.1) is 48.3 Å². The van der Waals surface area contributed by atoms with Gasteiger partial charge in [-0.3, -0.25) is 19.2 Å². The van der Waals surface area contributed by atoms with Gasteiger partial charge < -0.3 is 38.6 Å². The molecule has 2 fully saturated rings. The number of hydrogen-bond donors (Lipinski definition) is 1. The Morgan fingerprint density at radius 1 is 0.700 bits per heavy atom. The summed E-state index contributed by atoms with van der Waals surface area (Å²) in [6.07, 6.45) is 6.94. The van der Waals surface area contributed by atoms with Crippen molar-refractivity contribution in [2.75, 3.05) is 46.6 Å². The molecule has 2 amide bonds. The Kier molecular flexibility index (Phi) is 31.2. The van der Waals surface area contributed by atoms with Gasteiger partial charge in [0.05, 0.1) is 40.0 Å². The van der Waals surface area contributed by atoms with Gasteiger partial charge in [-0.25, -0.2) is 19.6 Å². The Bertz CT molecular complexity index is 3090. The maximum absolute atomic E-state index is 14.0. The number of carboxylic acids is 1. The summed E-state index contributed by atoms with van der Waals surface area (Å²) in [5, 5.41) is 13.7. The number of ketones is 2. The lowest BCUT2D eigenvalue weighted by molar-refractivity contribution is -0.154. The standard InChI is InChI=1S/C30H38N2O6.C29H38N2O6.2CH4.B7H3.B6/c1-18-12-21-9-10-31-27-23(21)13-20(18)8-7-11-37-17-19(2)26(33)15-24(30(3,4)5)28(34)32-16-22(38-27)14-25(32)29(35)36-6;1-17-11-20-8-9-30-26-22(20)12-19(17)7-6-10-36-16-18(2)25(32)14-23(29(3,4)5)27(33)31-15-21(37-26)13-24(31)28(34)35;;;1-5-7(4)6(2)3;1-5(2)6(3)4/h7-10,12-13,19,22,24-25H,11,14-17H2,1-6H3;8-9,11-12,18,21,23-24H,6-7,10,13-16H2,1-5H3,(H,34,35);2*1H4;1H3;/q;;;;-1;/b8-7+;;;;;/t19-,22+,24+,25-;18-,21+,23+,24-;;;;/m00..../s1. The molecule has 0 saturated carbocycles. The number of hydrogen-bond acceptors (Lipinski definition) is 13. The molecule has 29 heteroatoms. The largest absolute Gasteiger partial charge is 0.480 e. The van der Waals surface area contributed by atoms with Gasteiger partial charge in [0.15, 0.2) is 0 Å². The second-order valence-corrected chi connectivity index (χ2v) is 25.4. The molecule has 2 aromatic carbocycles. The van der Waals surface area contributed by atoms with Crippen molar-refractivity contribution in [2.24, 2.45) is 34.5 Å². The molecule has 15 radical (unpaired) electrons. The van der Waals surface area contributed by atoms with Crippen LogP contribution in [0.2, 0.25) is 0 Å². The topological polar surface area (TPSA) is 201 Å². The van der Waals surface area contributed by atoms with Crippen LogP contribution in [0.5, 0.6) is 11.8 Å². The average molecular weight is 1210 g/mol. The van der Waals surface area contributed by atoms with E-state index in [2.05, 4.69) is 35.1 Å². The van der Waals surface area contributed by atoms with Gasteiger partial charge in [0.2, 0.25) is 23.6 Å². The average Bonchev–Trinajstić information content (AvgIpc) is 1.62. The van der Waals surface area contributed by atoms with E-state index in [1.54, 1.807) is 12.4 Å². The van der Waals surface area contributed by atoms with Gasteiger partial charge in [0, 0.05) is 123 Å². The maximum atomic E-state index is 14.0. The number of esters is 1. The number of carbonyl (C=O) groups is 6. The van der Waals surface area contributed by atoms with E-state index in [4.69, 9.17) is 77.8 Å². The third-order valence-electron chi connectivity index (χ3n) is 16.2. The highest BCUT2D eigenvalue weighted by Gasteiger charge is 2.48. The van der Waals surface area contributed by atoms with Crippen LogP contribution < -0.4 is 9.47 Å². The normalized spacial score (nSPS) is 22.8. The second kappa shape index (κ2) is 35.6. The first-order valence-corrected chi connectivity index (χ1v) is 29.7. The highest BCUT2D eigenvalue weighted by atomic mass is 16.5. The lowest BCUT2D eigenvalue weighted by atomic mass is 8.76. The number of ether oxygens (including phenoxy) is 5. The van der Waals surface area contributed by atoms with E-state index in [1.165, 1.54) is 28.0 Å². The molecule has 2 aromatic heterocycles. The first-order valence-electron chi connectivity index (χ1n) is 29.7. The minimum atomic E-state index is -1.07.